The second-order valence-corrected chi connectivity index (χ2v) is 7.08. The Morgan fingerprint density at radius 2 is 1.14 bits per heavy atom. The summed E-state index contributed by atoms with van der Waals surface area (Å²) in [6, 6.07) is 1.47. The van der Waals surface area contributed by atoms with Crippen molar-refractivity contribution in [3.63, 3.8) is 0 Å². The third-order valence-corrected chi connectivity index (χ3v) is 4.61. The summed E-state index contributed by atoms with van der Waals surface area (Å²) >= 11 is 0. The quantitative estimate of drug-likeness (QED) is 0.251. The molecule has 0 aromatic heterocycles. The molecule has 0 unspecified atom stereocenters. The van der Waals surface area contributed by atoms with Gasteiger partial charge in [0.15, 0.2) is 0 Å². The molecule has 0 aromatic carbocycles. The Kier molecular flexibility index (Phi) is 17.0. The minimum Gasteiger partial charge on any atom is -0.481 e. The first-order valence-electron chi connectivity index (χ1n) is 9.14. The molecule has 0 heterocycles. The molecule has 0 spiro atoms. The predicted octanol–water partition coefficient (Wildman–Crippen LogP) is 4.87. The van der Waals surface area contributed by atoms with Gasteiger partial charge >= 0.3 is 5.97 Å². The Labute approximate surface area is 134 Å². The average Bonchev–Trinajstić information content (AvgIpc) is 2.46. The lowest BCUT2D eigenvalue weighted by Gasteiger charge is -1.99. The Morgan fingerprint density at radius 3 is 1.62 bits per heavy atom. The Hall–Kier alpha value is -0.573. The molecule has 0 atom stereocenters. The summed E-state index contributed by atoms with van der Waals surface area (Å²) in [6.45, 7) is 0. The Bertz CT molecular complexity index is 252. The number of carbonyl (C=O) groups is 1. The van der Waals surface area contributed by atoms with Gasteiger partial charge in [0.05, 0.1) is 0 Å². The van der Waals surface area contributed by atoms with Crippen molar-refractivity contribution >= 4 is 16.2 Å². The van der Waals surface area contributed by atoms with Gasteiger partial charge in [0, 0.05) is 16.7 Å². The van der Waals surface area contributed by atoms with E-state index in [1.54, 1.807) is 0 Å². The van der Waals surface area contributed by atoms with E-state index in [1.807, 2.05) is 0 Å². The van der Waals surface area contributed by atoms with Crippen LogP contribution in [0.3, 0.4) is 0 Å². The monoisotopic (exact) mass is 312 g/mol. The fraction of sp³-hybridized carbons (Fsp3) is 0.833. The fourth-order valence-electron chi connectivity index (χ4n) is 2.52. The lowest BCUT2D eigenvalue weighted by atomic mass is 10.1. The summed E-state index contributed by atoms with van der Waals surface area (Å²) in [5, 5.41) is 8.52. The van der Waals surface area contributed by atoms with Crippen LogP contribution in [-0.4, -0.2) is 21.3 Å². The number of carboxylic acids is 1. The van der Waals surface area contributed by atoms with E-state index in [1.165, 1.54) is 86.9 Å². The maximum atomic E-state index is 10.3. The average molecular weight is 313 g/mol. The van der Waals surface area contributed by atoms with Gasteiger partial charge in [0.2, 0.25) is 0 Å². The van der Waals surface area contributed by atoms with E-state index < -0.39 is 5.97 Å². The van der Waals surface area contributed by atoms with E-state index in [0.717, 1.165) is 12.8 Å². The van der Waals surface area contributed by atoms with Gasteiger partial charge in [-0.3, -0.25) is 4.79 Å². The fourth-order valence-corrected chi connectivity index (χ4v) is 3.02. The van der Waals surface area contributed by atoms with Crippen LogP contribution in [0.25, 0.3) is 0 Å². The summed E-state index contributed by atoms with van der Waals surface area (Å²) < 4.78 is 0. The number of hydrogen-bond donors (Lipinski definition) is 1. The van der Waals surface area contributed by atoms with Crippen molar-refractivity contribution in [2.45, 2.75) is 95.9 Å². The number of allylic oxidation sites excluding steroid dienone is 2. The van der Waals surface area contributed by atoms with Gasteiger partial charge in [0.1, 0.15) is 0 Å². The van der Waals surface area contributed by atoms with Crippen molar-refractivity contribution in [1.82, 2.24) is 0 Å². The zero-order valence-electron chi connectivity index (χ0n) is 14.1. The highest BCUT2D eigenvalue weighted by Crippen LogP contribution is 2.10. The SMILES string of the molecule is O=C(O)CCCCCCCC=CCCCCCCCC[SiH3]. The Morgan fingerprint density at radius 1 is 0.714 bits per heavy atom. The van der Waals surface area contributed by atoms with Crippen molar-refractivity contribution in [1.29, 1.82) is 0 Å². The number of unbranched alkanes of at least 4 members (excludes halogenated alkanes) is 11. The third-order valence-electron chi connectivity index (χ3n) is 3.90. The molecule has 0 aliphatic carbocycles. The topological polar surface area (TPSA) is 37.3 Å². The Balaban J connectivity index is 3.07. The first-order valence-corrected chi connectivity index (χ1v) is 10.6. The van der Waals surface area contributed by atoms with Crippen LogP contribution < -0.4 is 0 Å². The highest BCUT2D eigenvalue weighted by Gasteiger charge is 1.95. The molecule has 0 fully saturated rings. The summed E-state index contributed by atoms with van der Waals surface area (Å²) in [6.07, 6.45) is 21.6. The van der Waals surface area contributed by atoms with E-state index in [4.69, 9.17) is 5.11 Å². The second kappa shape index (κ2) is 17.5. The molecule has 0 saturated carbocycles. The van der Waals surface area contributed by atoms with E-state index in [2.05, 4.69) is 12.2 Å². The number of aliphatic carboxylic acids is 1. The maximum Gasteiger partial charge on any atom is 0.303 e. The third kappa shape index (κ3) is 19.4. The van der Waals surface area contributed by atoms with Crippen molar-refractivity contribution in [3.8, 4) is 0 Å². The molecular weight excluding hydrogens is 276 g/mol. The molecular formula is C18H36O2Si. The minimum absolute atomic E-state index is 0.333. The van der Waals surface area contributed by atoms with Crippen molar-refractivity contribution in [2.75, 3.05) is 0 Å². The summed E-state index contributed by atoms with van der Waals surface area (Å²) in [5.41, 5.74) is 0. The molecule has 21 heavy (non-hydrogen) atoms. The zero-order valence-corrected chi connectivity index (χ0v) is 16.1. The lowest BCUT2D eigenvalue weighted by Crippen LogP contribution is -1.93. The van der Waals surface area contributed by atoms with Gasteiger partial charge < -0.3 is 5.11 Å². The molecule has 0 aromatic rings. The van der Waals surface area contributed by atoms with Gasteiger partial charge in [-0.15, -0.1) is 0 Å². The normalized spacial score (nSPS) is 11.4. The molecule has 0 amide bonds. The maximum absolute atomic E-state index is 10.3. The molecule has 0 rings (SSSR count). The van der Waals surface area contributed by atoms with Crippen LogP contribution in [0.4, 0.5) is 0 Å². The first-order chi connectivity index (χ1) is 10.3. The molecule has 124 valence electrons. The first kappa shape index (κ1) is 20.4. The highest BCUT2D eigenvalue weighted by atomic mass is 28.1. The van der Waals surface area contributed by atoms with Gasteiger partial charge in [-0.2, -0.15) is 0 Å². The smallest absolute Gasteiger partial charge is 0.303 e. The molecule has 2 nitrogen and oxygen atoms in total. The number of rotatable bonds is 16. The largest absolute Gasteiger partial charge is 0.481 e. The van der Waals surface area contributed by atoms with Gasteiger partial charge in [-0.25, -0.2) is 0 Å². The molecule has 0 aliphatic heterocycles. The van der Waals surface area contributed by atoms with Crippen LogP contribution in [-0.2, 0) is 4.79 Å². The van der Waals surface area contributed by atoms with Crippen LogP contribution in [0, 0.1) is 0 Å². The summed E-state index contributed by atoms with van der Waals surface area (Å²) in [5.74, 6) is -0.662. The van der Waals surface area contributed by atoms with E-state index in [0.29, 0.717) is 6.42 Å². The second-order valence-electron chi connectivity index (χ2n) is 6.08. The number of carboxylic acid groups (broad SMARTS) is 1. The van der Waals surface area contributed by atoms with Crippen LogP contribution in [0.15, 0.2) is 12.2 Å². The van der Waals surface area contributed by atoms with Gasteiger partial charge in [-0.1, -0.05) is 69.6 Å². The molecule has 0 saturated heterocycles. The molecule has 0 radical (unpaired) electrons. The van der Waals surface area contributed by atoms with Crippen LogP contribution >= 0.6 is 0 Å². The van der Waals surface area contributed by atoms with E-state index in [9.17, 15) is 4.79 Å². The van der Waals surface area contributed by atoms with Gasteiger partial charge in [-0.05, 0) is 32.1 Å². The highest BCUT2D eigenvalue weighted by molar-refractivity contribution is 6.08. The van der Waals surface area contributed by atoms with Crippen molar-refractivity contribution in [3.05, 3.63) is 12.2 Å². The summed E-state index contributed by atoms with van der Waals surface area (Å²) in [7, 11) is 1.38. The van der Waals surface area contributed by atoms with Crippen molar-refractivity contribution in [2.24, 2.45) is 0 Å². The van der Waals surface area contributed by atoms with Crippen molar-refractivity contribution < 1.29 is 9.90 Å². The molecule has 0 bridgehead atoms. The summed E-state index contributed by atoms with van der Waals surface area (Å²) in [4.78, 5) is 10.3. The number of hydrogen-bond acceptors (Lipinski definition) is 1. The zero-order chi connectivity index (χ0) is 15.6. The van der Waals surface area contributed by atoms with Crippen LogP contribution in [0.5, 0.6) is 0 Å². The van der Waals surface area contributed by atoms with E-state index in [-0.39, 0.29) is 0 Å². The lowest BCUT2D eigenvalue weighted by molar-refractivity contribution is -0.137. The van der Waals surface area contributed by atoms with Gasteiger partial charge in [0.25, 0.3) is 0 Å². The van der Waals surface area contributed by atoms with E-state index >= 15 is 0 Å². The predicted molar refractivity (Wildman–Crippen MR) is 96.2 cm³/mol. The minimum atomic E-state index is -0.662. The molecule has 0 aliphatic rings. The molecule has 3 heteroatoms. The molecule has 1 N–H and O–H groups in total. The van der Waals surface area contributed by atoms with Crippen LogP contribution in [0.2, 0.25) is 6.04 Å². The van der Waals surface area contributed by atoms with Crippen LogP contribution in [0.1, 0.15) is 89.9 Å². The standard InChI is InChI=1S/C18H36O2Si/c19-18(20)16-14-12-10-8-6-4-2-1-3-5-7-9-11-13-15-17-21/h1-2H,3-17H2,21H3,(H,19,20).